The summed E-state index contributed by atoms with van der Waals surface area (Å²) in [4.78, 5) is 15.7. The molecule has 3 heterocycles. The van der Waals surface area contributed by atoms with Gasteiger partial charge in [0.15, 0.2) is 17.5 Å². The summed E-state index contributed by atoms with van der Waals surface area (Å²) in [7, 11) is 0. The average Bonchev–Trinajstić information content (AvgIpc) is 3.70. The lowest BCUT2D eigenvalue weighted by Crippen LogP contribution is -2.04. The van der Waals surface area contributed by atoms with Gasteiger partial charge in [-0.3, -0.25) is 0 Å². The van der Waals surface area contributed by atoms with Crippen molar-refractivity contribution in [1.82, 2.24) is 19.5 Å². The molecule has 0 aliphatic heterocycles. The third-order valence-corrected chi connectivity index (χ3v) is 10.5. The minimum atomic E-state index is 0.639. The van der Waals surface area contributed by atoms with Gasteiger partial charge in [0.2, 0.25) is 0 Å². The Kier molecular flexibility index (Phi) is 6.01. The van der Waals surface area contributed by atoms with E-state index in [1.807, 2.05) is 18.2 Å². The first-order valence-corrected chi connectivity index (χ1v) is 16.9. The van der Waals surface area contributed by atoms with E-state index >= 15 is 0 Å². The number of aromatic nitrogens is 4. The van der Waals surface area contributed by atoms with Crippen molar-refractivity contribution in [2.24, 2.45) is 0 Å². The van der Waals surface area contributed by atoms with Gasteiger partial charge in [0.1, 0.15) is 0 Å². The molecule has 0 aliphatic carbocycles. The molecule has 10 rings (SSSR count). The number of hydrogen-bond acceptors (Lipinski definition) is 4. The number of rotatable bonds is 4. The molecule has 0 saturated heterocycles. The molecule has 7 aromatic carbocycles. The number of para-hydroxylation sites is 2. The van der Waals surface area contributed by atoms with Gasteiger partial charge in [-0.25, -0.2) is 15.0 Å². The standard InChI is InChI=1S/C43H26N4S/c1-2-14-28(15-3-1)41-44-42(46-43(45-41)35-21-12-20-33-32-19-8-11-24-38(32)48-40(33)35)34-26-25-27-13-4-5-16-29(27)39(34)47-36-22-9-6-17-30(36)31-18-7-10-23-37(31)47/h1-26H. The van der Waals surface area contributed by atoms with Crippen molar-refractivity contribution in [3.63, 3.8) is 0 Å². The Morgan fingerprint density at radius 1 is 0.396 bits per heavy atom. The highest BCUT2D eigenvalue weighted by molar-refractivity contribution is 7.26. The topological polar surface area (TPSA) is 43.6 Å². The molecule has 0 N–H and O–H groups in total. The van der Waals surface area contributed by atoms with Crippen molar-refractivity contribution in [3.8, 4) is 39.9 Å². The van der Waals surface area contributed by atoms with Gasteiger partial charge in [-0.1, -0.05) is 127 Å². The third-order valence-electron chi connectivity index (χ3n) is 9.26. The van der Waals surface area contributed by atoms with Crippen molar-refractivity contribution in [2.45, 2.75) is 0 Å². The number of hydrogen-bond donors (Lipinski definition) is 0. The molecule has 10 aromatic rings. The quantitative estimate of drug-likeness (QED) is 0.194. The van der Waals surface area contributed by atoms with Crippen molar-refractivity contribution < 1.29 is 0 Å². The Bertz CT molecular complexity index is 2800. The zero-order chi connectivity index (χ0) is 31.6. The van der Waals surface area contributed by atoms with Crippen molar-refractivity contribution in [2.75, 3.05) is 0 Å². The first-order valence-electron chi connectivity index (χ1n) is 16.0. The van der Waals surface area contributed by atoms with E-state index in [4.69, 9.17) is 15.0 Å². The van der Waals surface area contributed by atoms with Crippen LogP contribution in [0.1, 0.15) is 0 Å². The van der Waals surface area contributed by atoms with Crippen LogP contribution in [0.3, 0.4) is 0 Å². The van der Waals surface area contributed by atoms with Crippen LogP contribution < -0.4 is 0 Å². The predicted molar refractivity (Wildman–Crippen MR) is 201 cm³/mol. The zero-order valence-corrected chi connectivity index (χ0v) is 26.5. The molecule has 48 heavy (non-hydrogen) atoms. The van der Waals surface area contributed by atoms with Crippen LogP contribution in [0, 0.1) is 0 Å². The smallest absolute Gasteiger partial charge is 0.166 e. The Hall–Kier alpha value is -6.17. The van der Waals surface area contributed by atoms with E-state index in [-0.39, 0.29) is 0 Å². The Labute approximate surface area is 280 Å². The SMILES string of the molecule is c1ccc(-c2nc(-c3ccc4ccccc4c3-n3c4ccccc4c4ccccc43)nc(-c3cccc4c3sc3ccccc34)n2)cc1. The summed E-state index contributed by atoms with van der Waals surface area (Å²) in [5.41, 5.74) is 6.25. The molecule has 0 unspecified atom stereocenters. The fourth-order valence-corrected chi connectivity index (χ4v) is 8.31. The summed E-state index contributed by atoms with van der Waals surface area (Å²) in [6.45, 7) is 0. The molecule has 0 radical (unpaired) electrons. The van der Waals surface area contributed by atoms with Crippen LogP contribution in [-0.4, -0.2) is 19.5 Å². The second-order valence-electron chi connectivity index (χ2n) is 12.0. The summed E-state index contributed by atoms with van der Waals surface area (Å²) >= 11 is 1.79. The van der Waals surface area contributed by atoms with E-state index in [1.54, 1.807) is 11.3 Å². The molecule has 0 atom stereocenters. The molecule has 0 aliphatic rings. The van der Waals surface area contributed by atoms with Gasteiger partial charge in [0.05, 0.1) is 16.7 Å². The minimum Gasteiger partial charge on any atom is -0.308 e. The summed E-state index contributed by atoms with van der Waals surface area (Å²) in [5, 5.41) is 7.18. The van der Waals surface area contributed by atoms with E-state index < -0.39 is 0 Å². The maximum Gasteiger partial charge on any atom is 0.166 e. The monoisotopic (exact) mass is 630 g/mol. The number of benzene rings is 7. The lowest BCUT2D eigenvalue weighted by atomic mass is 10.0. The van der Waals surface area contributed by atoms with Crippen molar-refractivity contribution in [1.29, 1.82) is 0 Å². The summed E-state index contributed by atoms with van der Waals surface area (Å²) in [6.07, 6.45) is 0. The van der Waals surface area contributed by atoms with Crippen molar-refractivity contribution >= 4 is 64.1 Å². The molecule has 0 fully saturated rings. The Morgan fingerprint density at radius 3 is 1.75 bits per heavy atom. The number of nitrogens with zero attached hydrogens (tertiary/aromatic N) is 4. The molecule has 0 amide bonds. The highest BCUT2D eigenvalue weighted by Gasteiger charge is 2.22. The van der Waals surface area contributed by atoms with E-state index in [2.05, 4.69) is 144 Å². The third kappa shape index (κ3) is 4.11. The highest BCUT2D eigenvalue weighted by atomic mass is 32.1. The Balaban J connectivity index is 1.32. The van der Waals surface area contributed by atoms with Gasteiger partial charge >= 0.3 is 0 Å². The van der Waals surface area contributed by atoms with Crippen LogP contribution in [-0.2, 0) is 0 Å². The molecular formula is C43H26N4S. The maximum absolute atomic E-state index is 5.33. The van der Waals surface area contributed by atoms with Crippen LogP contribution in [0.25, 0.3) is 92.6 Å². The van der Waals surface area contributed by atoms with Crippen LogP contribution >= 0.6 is 11.3 Å². The first-order chi connectivity index (χ1) is 23.8. The van der Waals surface area contributed by atoms with E-state index in [0.717, 1.165) is 44.2 Å². The van der Waals surface area contributed by atoms with Crippen LogP contribution in [0.15, 0.2) is 158 Å². The van der Waals surface area contributed by atoms with Gasteiger partial charge in [0.25, 0.3) is 0 Å². The summed E-state index contributed by atoms with van der Waals surface area (Å²) < 4.78 is 4.82. The van der Waals surface area contributed by atoms with Gasteiger partial charge in [-0.2, -0.15) is 0 Å². The summed E-state index contributed by atoms with van der Waals surface area (Å²) in [6, 6.07) is 55.5. The normalized spacial score (nSPS) is 11.8. The first kappa shape index (κ1) is 27.0. The molecule has 0 spiro atoms. The van der Waals surface area contributed by atoms with Crippen LogP contribution in [0.2, 0.25) is 0 Å². The number of fused-ring (bicyclic) bond motifs is 7. The number of thiophene rings is 1. The molecule has 4 nitrogen and oxygen atoms in total. The zero-order valence-electron chi connectivity index (χ0n) is 25.7. The van der Waals surface area contributed by atoms with E-state index in [9.17, 15) is 0 Å². The van der Waals surface area contributed by atoms with Crippen LogP contribution in [0.4, 0.5) is 0 Å². The average molecular weight is 631 g/mol. The molecule has 224 valence electrons. The molecule has 3 aromatic heterocycles. The molecular weight excluding hydrogens is 605 g/mol. The largest absolute Gasteiger partial charge is 0.308 e. The fourth-order valence-electron chi connectivity index (χ4n) is 7.10. The van der Waals surface area contributed by atoms with Gasteiger partial charge in [0, 0.05) is 53.0 Å². The molecule has 0 bridgehead atoms. The van der Waals surface area contributed by atoms with Gasteiger partial charge < -0.3 is 4.57 Å². The van der Waals surface area contributed by atoms with E-state index in [1.165, 1.54) is 30.9 Å². The van der Waals surface area contributed by atoms with Crippen LogP contribution in [0.5, 0.6) is 0 Å². The Morgan fingerprint density at radius 2 is 0.979 bits per heavy atom. The predicted octanol–water partition coefficient (Wildman–Crippen LogP) is 11.5. The lowest BCUT2D eigenvalue weighted by Gasteiger charge is -2.17. The highest BCUT2D eigenvalue weighted by Crippen LogP contribution is 2.42. The summed E-state index contributed by atoms with van der Waals surface area (Å²) in [5.74, 6) is 1.95. The van der Waals surface area contributed by atoms with E-state index in [0.29, 0.717) is 17.5 Å². The fraction of sp³-hybridized carbons (Fsp3) is 0. The molecule has 0 saturated carbocycles. The molecule has 5 heteroatoms. The van der Waals surface area contributed by atoms with Gasteiger partial charge in [-0.05, 0) is 35.7 Å². The van der Waals surface area contributed by atoms with Gasteiger partial charge in [-0.15, -0.1) is 11.3 Å². The minimum absolute atomic E-state index is 0.639. The second kappa shape index (κ2) is 10.7. The second-order valence-corrected chi connectivity index (χ2v) is 13.1. The maximum atomic E-state index is 5.33. The lowest BCUT2D eigenvalue weighted by molar-refractivity contribution is 1.07. The van der Waals surface area contributed by atoms with Crippen molar-refractivity contribution in [3.05, 3.63) is 158 Å².